The van der Waals surface area contributed by atoms with Crippen molar-refractivity contribution in [1.82, 2.24) is 15.3 Å². The first-order valence-electron chi connectivity index (χ1n) is 5.28. The van der Waals surface area contributed by atoms with Crippen LogP contribution in [-0.4, -0.2) is 28.5 Å². The van der Waals surface area contributed by atoms with Crippen molar-refractivity contribution in [1.29, 1.82) is 0 Å². The van der Waals surface area contributed by atoms with E-state index >= 15 is 0 Å². The number of anilines is 2. The highest BCUT2D eigenvalue weighted by Gasteiger charge is 2.22. The third kappa shape index (κ3) is 3.08. The number of nitrogens with two attached hydrogens (primary N) is 1. The molecule has 0 aliphatic heterocycles. The molecule has 1 aromatic rings. The Kier molecular flexibility index (Phi) is 2.89. The summed E-state index contributed by atoms with van der Waals surface area (Å²) in [6.45, 7) is 1.97. The molecule has 4 N–H and O–H groups in total. The quantitative estimate of drug-likeness (QED) is 0.668. The first-order valence-corrected chi connectivity index (χ1v) is 5.28. The Labute approximate surface area is 93.7 Å². The molecule has 1 amide bonds. The fraction of sp³-hybridized carbons (Fsp3) is 0.500. The standard InChI is InChI=1S/C10H15N5O/c1-6-13-8(11)4-9(14-6)12-5-10(16)15-7-2-3-7/h4,7H,2-3,5H2,1H3,(H,15,16)(H3,11,12,13,14). The second-order valence-corrected chi connectivity index (χ2v) is 3.92. The van der Waals surface area contributed by atoms with E-state index in [2.05, 4.69) is 20.6 Å². The molecule has 6 nitrogen and oxygen atoms in total. The van der Waals surface area contributed by atoms with Gasteiger partial charge in [0.1, 0.15) is 17.5 Å². The molecule has 16 heavy (non-hydrogen) atoms. The number of nitrogen functional groups attached to an aromatic ring is 1. The summed E-state index contributed by atoms with van der Waals surface area (Å²) in [6.07, 6.45) is 2.18. The van der Waals surface area contributed by atoms with Gasteiger partial charge in [0.2, 0.25) is 5.91 Å². The number of nitrogens with one attached hydrogen (secondary N) is 2. The monoisotopic (exact) mass is 221 g/mol. The lowest BCUT2D eigenvalue weighted by molar-refractivity contribution is -0.119. The van der Waals surface area contributed by atoms with Gasteiger partial charge in [-0.15, -0.1) is 0 Å². The second kappa shape index (κ2) is 4.34. The first kappa shape index (κ1) is 10.7. The van der Waals surface area contributed by atoms with Crippen molar-refractivity contribution in [3.05, 3.63) is 11.9 Å². The van der Waals surface area contributed by atoms with Gasteiger partial charge in [-0.3, -0.25) is 4.79 Å². The molecular weight excluding hydrogens is 206 g/mol. The van der Waals surface area contributed by atoms with Crippen molar-refractivity contribution in [2.45, 2.75) is 25.8 Å². The summed E-state index contributed by atoms with van der Waals surface area (Å²) in [5, 5.41) is 5.79. The Balaban J connectivity index is 1.85. The van der Waals surface area contributed by atoms with E-state index in [0.717, 1.165) is 12.8 Å². The minimum Gasteiger partial charge on any atom is -0.384 e. The largest absolute Gasteiger partial charge is 0.384 e. The van der Waals surface area contributed by atoms with Gasteiger partial charge in [0.05, 0.1) is 6.54 Å². The van der Waals surface area contributed by atoms with Crippen molar-refractivity contribution in [3.8, 4) is 0 Å². The van der Waals surface area contributed by atoms with Gasteiger partial charge in [0.25, 0.3) is 0 Å². The molecule has 1 saturated carbocycles. The summed E-state index contributed by atoms with van der Waals surface area (Å²) in [7, 11) is 0. The Morgan fingerprint density at radius 1 is 1.56 bits per heavy atom. The number of nitrogens with zero attached hydrogens (tertiary/aromatic N) is 2. The molecule has 0 aromatic carbocycles. The van der Waals surface area contributed by atoms with Gasteiger partial charge >= 0.3 is 0 Å². The van der Waals surface area contributed by atoms with Gasteiger partial charge in [-0.2, -0.15) is 0 Å². The lowest BCUT2D eigenvalue weighted by atomic mass is 10.4. The van der Waals surface area contributed by atoms with Crippen LogP contribution in [0.2, 0.25) is 0 Å². The van der Waals surface area contributed by atoms with E-state index in [-0.39, 0.29) is 12.5 Å². The molecule has 0 radical (unpaired) electrons. The van der Waals surface area contributed by atoms with Crippen LogP contribution >= 0.6 is 0 Å². The minimum atomic E-state index is -0.0164. The van der Waals surface area contributed by atoms with Crippen LogP contribution in [0.5, 0.6) is 0 Å². The van der Waals surface area contributed by atoms with E-state index in [1.165, 1.54) is 0 Å². The molecule has 1 aliphatic rings. The SMILES string of the molecule is Cc1nc(N)cc(NCC(=O)NC2CC2)n1. The summed E-state index contributed by atoms with van der Waals surface area (Å²) in [5.74, 6) is 1.55. The van der Waals surface area contributed by atoms with Gasteiger partial charge < -0.3 is 16.4 Å². The van der Waals surface area contributed by atoms with E-state index in [4.69, 9.17) is 5.73 Å². The van der Waals surface area contributed by atoms with Crippen LogP contribution < -0.4 is 16.4 Å². The van der Waals surface area contributed by atoms with Gasteiger partial charge in [0, 0.05) is 12.1 Å². The third-order valence-corrected chi connectivity index (χ3v) is 2.23. The first-order chi connectivity index (χ1) is 7.63. The van der Waals surface area contributed by atoms with Crippen molar-refractivity contribution < 1.29 is 4.79 Å². The lowest BCUT2D eigenvalue weighted by Crippen LogP contribution is -2.31. The average molecular weight is 221 g/mol. The summed E-state index contributed by atoms with van der Waals surface area (Å²) < 4.78 is 0. The predicted molar refractivity (Wildman–Crippen MR) is 60.8 cm³/mol. The van der Waals surface area contributed by atoms with Gasteiger partial charge in [-0.1, -0.05) is 0 Å². The number of rotatable bonds is 4. The van der Waals surface area contributed by atoms with Crippen LogP contribution in [0.3, 0.4) is 0 Å². The number of hydrogen-bond donors (Lipinski definition) is 3. The Morgan fingerprint density at radius 2 is 2.31 bits per heavy atom. The molecular formula is C10H15N5O. The fourth-order valence-corrected chi connectivity index (χ4v) is 1.36. The van der Waals surface area contributed by atoms with E-state index in [1.54, 1.807) is 13.0 Å². The Morgan fingerprint density at radius 3 is 2.94 bits per heavy atom. The van der Waals surface area contributed by atoms with E-state index in [9.17, 15) is 4.79 Å². The molecule has 1 heterocycles. The molecule has 1 fully saturated rings. The van der Waals surface area contributed by atoms with Crippen molar-refractivity contribution >= 4 is 17.5 Å². The lowest BCUT2D eigenvalue weighted by Gasteiger charge is -2.07. The molecule has 0 saturated heterocycles. The molecule has 0 unspecified atom stereocenters. The Hall–Kier alpha value is -1.85. The Bertz CT molecular complexity index is 382. The topological polar surface area (TPSA) is 92.9 Å². The molecule has 0 atom stereocenters. The molecule has 0 bridgehead atoms. The smallest absolute Gasteiger partial charge is 0.239 e. The summed E-state index contributed by atoms with van der Waals surface area (Å²) in [5.41, 5.74) is 5.56. The number of carbonyl (C=O) groups is 1. The number of aromatic nitrogens is 2. The molecule has 0 spiro atoms. The van der Waals surface area contributed by atoms with Crippen LogP contribution in [0, 0.1) is 6.92 Å². The van der Waals surface area contributed by atoms with Crippen molar-refractivity contribution in [2.75, 3.05) is 17.6 Å². The summed E-state index contributed by atoms with van der Waals surface area (Å²) >= 11 is 0. The number of hydrogen-bond acceptors (Lipinski definition) is 5. The van der Waals surface area contributed by atoms with Crippen LogP contribution in [-0.2, 0) is 4.79 Å². The third-order valence-electron chi connectivity index (χ3n) is 2.23. The van der Waals surface area contributed by atoms with Crippen LogP contribution in [0.25, 0.3) is 0 Å². The van der Waals surface area contributed by atoms with E-state index < -0.39 is 0 Å². The van der Waals surface area contributed by atoms with Gasteiger partial charge in [-0.25, -0.2) is 9.97 Å². The van der Waals surface area contributed by atoms with Crippen molar-refractivity contribution in [2.24, 2.45) is 0 Å². The maximum Gasteiger partial charge on any atom is 0.239 e. The molecule has 1 aliphatic carbocycles. The number of aryl methyl sites for hydroxylation is 1. The number of carbonyl (C=O) groups excluding carboxylic acids is 1. The molecule has 6 heteroatoms. The van der Waals surface area contributed by atoms with E-state index in [1.807, 2.05) is 0 Å². The summed E-state index contributed by atoms with van der Waals surface area (Å²) in [6, 6.07) is 1.99. The van der Waals surface area contributed by atoms with Crippen LogP contribution in [0.1, 0.15) is 18.7 Å². The second-order valence-electron chi connectivity index (χ2n) is 3.92. The maximum atomic E-state index is 11.4. The average Bonchev–Trinajstić information content (AvgIpc) is 2.97. The van der Waals surface area contributed by atoms with Crippen molar-refractivity contribution in [3.63, 3.8) is 0 Å². The molecule has 1 aromatic heterocycles. The highest BCUT2D eigenvalue weighted by Crippen LogP contribution is 2.18. The zero-order chi connectivity index (χ0) is 11.5. The van der Waals surface area contributed by atoms with Gasteiger partial charge in [0.15, 0.2) is 0 Å². The highest BCUT2D eigenvalue weighted by atomic mass is 16.2. The minimum absolute atomic E-state index is 0.0164. The number of amides is 1. The van der Waals surface area contributed by atoms with Crippen LogP contribution in [0.15, 0.2) is 6.07 Å². The molecule has 2 rings (SSSR count). The zero-order valence-electron chi connectivity index (χ0n) is 9.16. The normalized spacial score (nSPS) is 14.6. The fourth-order valence-electron chi connectivity index (χ4n) is 1.36. The summed E-state index contributed by atoms with van der Waals surface area (Å²) in [4.78, 5) is 19.5. The highest BCUT2D eigenvalue weighted by molar-refractivity contribution is 5.81. The van der Waals surface area contributed by atoms with Crippen LogP contribution in [0.4, 0.5) is 11.6 Å². The zero-order valence-corrected chi connectivity index (χ0v) is 9.16. The molecule has 86 valence electrons. The van der Waals surface area contributed by atoms with Gasteiger partial charge in [-0.05, 0) is 19.8 Å². The van der Waals surface area contributed by atoms with E-state index in [0.29, 0.717) is 23.5 Å². The predicted octanol–water partition coefficient (Wildman–Crippen LogP) is 0.0577. The maximum absolute atomic E-state index is 11.4.